The summed E-state index contributed by atoms with van der Waals surface area (Å²) in [5.74, 6) is 0.719. The molecule has 2 aromatic carbocycles. The molecule has 1 saturated heterocycles. The van der Waals surface area contributed by atoms with Crippen molar-refractivity contribution < 1.29 is 4.74 Å². The number of para-hydroxylation sites is 1. The number of fused-ring (bicyclic) bond motifs is 2. The van der Waals surface area contributed by atoms with E-state index < -0.39 is 0 Å². The van der Waals surface area contributed by atoms with Gasteiger partial charge in [0.2, 0.25) is 0 Å². The molecule has 1 N–H and O–H groups in total. The summed E-state index contributed by atoms with van der Waals surface area (Å²) in [6.45, 7) is 0.477. The molecule has 3 heteroatoms. The first-order chi connectivity index (χ1) is 11.8. The molecule has 2 aliphatic heterocycles. The number of nitrogens with zero attached hydrogens (tertiary/aromatic N) is 1. The van der Waals surface area contributed by atoms with E-state index >= 15 is 0 Å². The molecule has 0 spiro atoms. The zero-order chi connectivity index (χ0) is 16.4. The summed E-state index contributed by atoms with van der Waals surface area (Å²) in [7, 11) is 0. The molecule has 3 nitrogen and oxygen atoms in total. The Balaban J connectivity index is 1.66. The first-order valence-corrected chi connectivity index (χ1v) is 8.50. The van der Waals surface area contributed by atoms with Gasteiger partial charge in [0, 0.05) is 17.6 Å². The van der Waals surface area contributed by atoms with Gasteiger partial charge in [-0.1, -0.05) is 48.5 Å². The lowest BCUT2D eigenvalue weighted by Gasteiger charge is -2.23. The van der Waals surface area contributed by atoms with Crippen LogP contribution in [-0.2, 0) is 6.61 Å². The predicted octanol–water partition coefficient (Wildman–Crippen LogP) is 4.04. The Morgan fingerprint density at radius 2 is 1.96 bits per heavy atom. The molecule has 2 bridgehead atoms. The van der Waals surface area contributed by atoms with Crippen LogP contribution >= 0.6 is 0 Å². The van der Waals surface area contributed by atoms with Crippen LogP contribution in [0.25, 0.3) is 5.57 Å². The van der Waals surface area contributed by atoms with Gasteiger partial charge in [-0.05, 0) is 36.5 Å². The average Bonchev–Trinajstić information content (AvgIpc) is 2.98. The van der Waals surface area contributed by atoms with Crippen LogP contribution in [0.15, 0.2) is 54.6 Å². The maximum atomic E-state index is 9.49. The minimum atomic E-state index is 0.464. The van der Waals surface area contributed by atoms with E-state index in [0.717, 1.165) is 23.3 Å². The molecule has 24 heavy (non-hydrogen) atoms. The highest BCUT2D eigenvalue weighted by Crippen LogP contribution is 2.37. The highest BCUT2D eigenvalue weighted by Gasteiger charge is 2.29. The van der Waals surface area contributed by atoms with Crippen molar-refractivity contribution in [1.82, 2.24) is 5.32 Å². The lowest BCUT2D eigenvalue weighted by molar-refractivity contribution is 0.304. The van der Waals surface area contributed by atoms with Gasteiger partial charge in [-0.3, -0.25) is 0 Å². The van der Waals surface area contributed by atoms with E-state index in [1.807, 2.05) is 42.5 Å². The van der Waals surface area contributed by atoms with Crippen molar-refractivity contribution in [2.24, 2.45) is 0 Å². The van der Waals surface area contributed by atoms with Crippen molar-refractivity contribution in [1.29, 1.82) is 5.26 Å². The van der Waals surface area contributed by atoms with Crippen LogP contribution in [-0.4, -0.2) is 12.1 Å². The molecule has 0 saturated carbocycles. The van der Waals surface area contributed by atoms with Gasteiger partial charge in [0.05, 0.1) is 5.56 Å². The molecule has 0 amide bonds. The summed E-state index contributed by atoms with van der Waals surface area (Å²) in [6.07, 6.45) is 5.75. The molecule has 2 atom stereocenters. The fraction of sp³-hybridized carbons (Fsp3) is 0.286. The average molecular weight is 316 g/mol. The van der Waals surface area contributed by atoms with Gasteiger partial charge >= 0.3 is 0 Å². The van der Waals surface area contributed by atoms with Crippen LogP contribution in [0.2, 0.25) is 0 Å². The number of nitrogens with one attached hydrogen (secondary N) is 1. The minimum absolute atomic E-state index is 0.464. The minimum Gasteiger partial charge on any atom is -0.487 e. The molecule has 120 valence electrons. The molecule has 2 aliphatic rings. The van der Waals surface area contributed by atoms with Crippen LogP contribution in [0.3, 0.4) is 0 Å². The number of rotatable bonds is 4. The van der Waals surface area contributed by atoms with Gasteiger partial charge < -0.3 is 10.1 Å². The molecule has 0 unspecified atom stereocenters. The molecule has 2 aromatic rings. The zero-order valence-electron chi connectivity index (χ0n) is 13.5. The molecular weight excluding hydrogens is 296 g/mol. The molecular formula is C21H20N2O. The van der Waals surface area contributed by atoms with E-state index in [2.05, 4.69) is 23.5 Å². The number of hydrogen-bond donors (Lipinski definition) is 1. The quantitative estimate of drug-likeness (QED) is 0.925. The highest BCUT2D eigenvalue weighted by molar-refractivity contribution is 5.75. The van der Waals surface area contributed by atoms with Crippen molar-refractivity contribution >= 4 is 5.57 Å². The maximum absolute atomic E-state index is 9.49. The molecule has 0 aliphatic carbocycles. The van der Waals surface area contributed by atoms with E-state index in [-0.39, 0.29) is 0 Å². The predicted molar refractivity (Wildman–Crippen MR) is 94.5 cm³/mol. The second kappa shape index (κ2) is 6.51. The van der Waals surface area contributed by atoms with Gasteiger partial charge in [0.25, 0.3) is 0 Å². The standard InChI is InChI=1S/C21H20N2O/c22-13-16-7-4-8-20(17-11-18-9-10-19(12-17)23-18)21(16)24-14-15-5-2-1-3-6-15/h1-8,11,18-19,23H,9-10,12,14H2/t18-,19+/m1/s1. The van der Waals surface area contributed by atoms with E-state index in [9.17, 15) is 5.26 Å². The lowest BCUT2D eigenvalue weighted by Crippen LogP contribution is -2.32. The summed E-state index contributed by atoms with van der Waals surface area (Å²) in [5, 5.41) is 13.1. The Morgan fingerprint density at radius 1 is 1.08 bits per heavy atom. The summed E-state index contributed by atoms with van der Waals surface area (Å²) >= 11 is 0. The smallest absolute Gasteiger partial charge is 0.145 e. The summed E-state index contributed by atoms with van der Waals surface area (Å²) < 4.78 is 6.11. The van der Waals surface area contributed by atoms with Crippen molar-refractivity contribution in [3.8, 4) is 11.8 Å². The van der Waals surface area contributed by atoms with Crippen molar-refractivity contribution in [2.45, 2.75) is 38.0 Å². The first kappa shape index (κ1) is 15.0. The summed E-state index contributed by atoms with van der Waals surface area (Å²) in [6, 6.07) is 19.3. The summed E-state index contributed by atoms with van der Waals surface area (Å²) in [5.41, 5.74) is 4.09. The van der Waals surface area contributed by atoms with Crippen LogP contribution in [0, 0.1) is 11.3 Å². The third-order valence-electron chi connectivity index (χ3n) is 4.85. The Kier molecular flexibility index (Phi) is 4.06. The SMILES string of the molecule is N#Cc1cccc(C2=C[C@H]3CC[C@@H](C2)N3)c1OCc1ccccc1. The number of nitriles is 1. The summed E-state index contributed by atoms with van der Waals surface area (Å²) in [4.78, 5) is 0. The molecule has 2 heterocycles. The number of hydrogen-bond acceptors (Lipinski definition) is 3. The molecule has 0 radical (unpaired) electrons. The lowest BCUT2D eigenvalue weighted by atomic mass is 9.94. The number of ether oxygens (including phenoxy) is 1. The van der Waals surface area contributed by atoms with Gasteiger partial charge in [0.1, 0.15) is 18.4 Å². The Morgan fingerprint density at radius 3 is 2.75 bits per heavy atom. The fourth-order valence-corrected chi connectivity index (χ4v) is 3.68. The Hall–Kier alpha value is -2.57. The van der Waals surface area contributed by atoms with Crippen molar-refractivity contribution in [3.63, 3.8) is 0 Å². The van der Waals surface area contributed by atoms with Crippen molar-refractivity contribution in [3.05, 3.63) is 71.3 Å². The molecule has 1 fully saturated rings. The monoisotopic (exact) mass is 316 g/mol. The van der Waals surface area contributed by atoms with Gasteiger partial charge in [-0.15, -0.1) is 0 Å². The Bertz CT molecular complexity index is 804. The van der Waals surface area contributed by atoms with Gasteiger partial charge in [-0.2, -0.15) is 5.26 Å². The van der Waals surface area contributed by atoms with E-state index in [1.165, 1.54) is 18.4 Å². The molecule has 4 rings (SSSR count). The Labute approximate surface area is 142 Å². The van der Waals surface area contributed by atoms with E-state index in [4.69, 9.17) is 4.74 Å². The second-order valence-electron chi connectivity index (χ2n) is 6.51. The molecule has 0 aromatic heterocycles. The van der Waals surface area contributed by atoms with Gasteiger partial charge in [-0.25, -0.2) is 0 Å². The number of benzene rings is 2. The third-order valence-corrected chi connectivity index (χ3v) is 4.85. The maximum Gasteiger partial charge on any atom is 0.145 e. The second-order valence-corrected chi connectivity index (χ2v) is 6.51. The van der Waals surface area contributed by atoms with Gasteiger partial charge in [0.15, 0.2) is 0 Å². The van der Waals surface area contributed by atoms with Crippen LogP contribution in [0.4, 0.5) is 0 Å². The fourth-order valence-electron chi connectivity index (χ4n) is 3.68. The largest absolute Gasteiger partial charge is 0.487 e. The third kappa shape index (κ3) is 2.93. The van der Waals surface area contributed by atoms with Crippen molar-refractivity contribution in [2.75, 3.05) is 0 Å². The van der Waals surface area contributed by atoms with Crippen LogP contribution < -0.4 is 10.1 Å². The van der Waals surface area contributed by atoms with E-state index in [1.54, 1.807) is 0 Å². The first-order valence-electron chi connectivity index (χ1n) is 8.50. The van der Waals surface area contributed by atoms with Crippen LogP contribution in [0.5, 0.6) is 5.75 Å². The van der Waals surface area contributed by atoms with Crippen LogP contribution in [0.1, 0.15) is 36.0 Å². The topological polar surface area (TPSA) is 45.0 Å². The normalized spacial score (nSPS) is 21.9. The highest BCUT2D eigenvalue weighted by atomic mass is 16.5. The zero-order valence-corrected chi connectivity index (χ0v) is 13.5. The van der Waals surface area contributed by atoms with E-state index in [0.29, 0.717) is 24.3 Å².